The molecule has 0 aliphatic carbocycles. The van der Waals surface area contributed by atoms with Crippen molar-refractivity contribution in [2.45, 2.75) is 34.1 Å². The summed E-state index contributed by atoms with van der Waals surface area (Å²) in [5.74, 6) is 0. The van der Waals surface area contributed by atoms with Crippen LogP contribution in [0, 0.1) is 0 Å². The fraction of sp³-hybridized carbons (Fsp3) is 1.00. The molecule has 0 atom stereocenters. The molecule has 5 heteroatoms. The number of rotatable bonds is 1. The van der Waals surface area contributed by atoms with E-state index in [1.165, 1.54) is 0 Å². The molecule has 4 nitrogen and oxygen atoms in total. The molecule has 0 saturated carbocycles. The molecular weight excluding hydrogens is 220 g/mol. The molecule has 0 heterocycles. The van der Waals surface area contributed by atoms with Crippen LogP contribution in [0.4, 0.5) is 0 Å². The zero-order valence-corrected chi connectivity index (χ0v) is 11.4. The summed E-state index contributed by atoms with van der Waals surface area (Å²) >= 11 is 0. The Hall–Kier alpha value is 0.554. The first-order valence-electron chi connectivity index (χ1n) is 4.59. The molecule has 0 aliphatic heterocycles. The molecule has 0 unspecified atom stereocenters. The van der Waals surface area contributed by atoms with E-state index in [0.29, 0.717) is 6.61 Å². The van der Waals surface area contributed by atoms with Crippen LogP contribution >= 0.6 is 0 Å². The number of hydrogen-bond acceptors (Lipinski definition) is 4. The monoisotopic (exact) mass is 246 g/mol. The number of hydrogen-bond donors (Lipinski definition) is 4. The second kappa shape index (κ2) is 69.2. The van der Waals surface area contributed by atoms with Crippen LogP contribution in [0.25, 0.3) is 0 Å². The zero-order chi connectivity index (χ0) is 11.5. The van der Waals surface area contributed by atoms with Crippen molar-refractivity contribution in [1.82, 2.24) is 0 Å². The molecule has 0 bridgehead atoms. The van der Waals surface area contributed by atoms with Gasteiger partial charge in [-0.15, -0.1) is 0 Å². The van der Waals surface area contributed by atoms with Gasteiger partial charge in [0.05, 0.1) is 0 Å². The molecular formula is C9H26O4Ti. The van der Waals surface area contributed by atoms with Gasteiger partial charge in [-0.2, -0.15) is 0 Å². The van der Waals surface area contributed by atoms with Crippen molar-refractivity contribution < 1.29 is 42.1 Å². The fourth-order valence-electron chi connectivity index (χ4n) is 0. The van der Waals surface area contributed by atoms with Gasteiger partial charge in [0.25, 0.3) is 0 Å². The predicted octanol–water partition coefficient (Wildman–Crippen LogP) is 0.382. The normalized spacial score (nSPS) is 6.00. The average Bonchev–Trinajstić information content (AvgIpc) is 2.08. The van der Waals surface area contributed by atoms with Gasteiger partial charge in [-0.05, 0) is 27.2 Å². The van der Waals surface area contributed by atoms with Crippen LogP contribution in [0.15, 0.2) is 0 Å². The molecule has 0 amide bonds. The third-order valence-corrected chi connectivity index (χ3v) is 0.224. The first-order valence-corrected chi connectivity index (χ1v) is 4.59. The summed E-state index contributed by atoms with van der Waals surface area (Å²) in [5, 5.41) is 30.6. The van der Waals surface area contributed by atoms with Crippen molar-refractivity contribution in [3.05, 3.63) is 0 Å². The maximum atomic E-state index is 7.88. The summed E-state index contributed by atoms with van der Waals surface area (Å²) in [6.07, 6.45) is 0.875. The molecule has 4 N–H and O–H groups in total. The summed E-state index contributed by atoms with van der Waals surface area (Å²) in [6.45, 7) is 8.04. The van der Waals surface area contributed by atoms with Gasteiger partial charge in [-0.3, -0.25) is 0 Å². The van der Waals surface area contributed by atoms with Crippen molar-refractivity contribution in [2.24, 2.45) is 0 Å². The first kappa shape index (κ1) is 29.3. The summed E-state index contributed by atoms with van der Waals surface area (Å²) in [5.41, 5.74) is 0. The minimum absolute atomic E-state index is 0. The molecule has 0 fully saturated rings. The Morgan fingerprint density at radius 2 is 0.714 bits per heavy atom. The van der Waals surface area contributed by atoms with Gasteiger partial charge in [0.1, 0.15) is 0 Å². The predicted molar refractivity (Wildman–Crippen MR) is 55.7 cm³/mol. The zero-order valence-electron chi connectivity index (χ0n) is 9.82. The molecule has 0 saturated heterocycles. The van der Waals surface area contributed by atoms with Gasteiger partial charge in [0.2, 0.25) is 0 Å². The SMILES string of the molecule is CCCO.CCO.CCO.CCO.[Ti]. The van der Waals surface area contributed by atoms with Crippen molar-refractivity contribution in [2.75, 3.05) is 26.4 Å². The third-order valence-electron chi connectivity index (χ3n) is 0.224. The molecule has 0 aromatic rings. The Bertz CT molecular complexity index is 33.2. The molecule has 0 aromatic heterocycles. The molecule has 0 aliphatic rings. The van der Waals surface area contributed by atoms with Gasteiger partial charge in [0.15, 0.2) is 0 Å². The van der Waals surface area contributed by atoms with E-state index >= 15 is 0 Å². The Labute approximate surface area is 103 Å². The van der Waals surface area contributed by atoms with Crippen molar-refractivity contribution in [3.8, 4) is 0 Å². The maximum Gasteiger partial charge on any atom is 0.0428 e. The summed E-state index contributed by atoms with van der Waals surface area (Å²) in [7, 11) is 0. The van der Waals surface area contributed by atoms with Crippen LogP contribution in [-0.4, -0.2) is 46.9 Å². The molecule has 0 spiro atoms. The van der Waals surface area contributed by atoms with Gasteiger partial charge in [0, 0.05) is 48.1 Å². The largest absolute Gasteiger partial charge is 0.397 e. The Kier molecular flexibility index (Phi) is 145. The van der Waals surface area contributed by atoms with Crippen molar-refractivity contribution in [3.63, 3.8) is 0 Å². The molecule has 0 aromatic carbocycles. The van der Waals surface area contributed by atoms with Crippen LogP contribution in [0.5, 0.6) is 0 Å². The van der Waals surface area contributed by atoms with E-state index in [9.17, 15) is 0 Å². The van der Waals surface area contributed by atoms with Crippen LogP contribution in [0.1, 0.15) is 34.1 Å². The molecule has 0 rings (SSSR count). The quantitative estimate of drug-likeness (QED) is 0.504. The van der Waals surface area contributed by atoms with Gasteiger partial charge in [-0.25, -0.2) is 0 Å². The van der Waals surface area contributed by atoms with E-state index in [-0.39, 0.29) is 41.5 Å². The van der Waals surface area contributed by atoms with Crippen molar-refractivity contribution >= 4 is 0 Å². The topological polar surface area (TPSA) is 80.9 Å². The van der Waals surface area contributed by atoms with Crippen LogP contribution in [0.2, 0.25) is 0 Å². The minimum Gasteiger partial charge on any atom is -0.397 e. The van der Waals surface area contributed by atoms with E-state index < -0.39 is 0 Å². The number of aliphatic hydroxyl groups excluding tert-OH is 4. The van der Waals surface area contributed by atoms with Crippen LogP contribution in [0.3, 0.4) is 0 Å². The second-order valence-electron chi connectivity index (χ2n) is 1.67. The Balaban J connectivity index is -0.0000000254. The maximum absolute atomic E-state index is 7.88. The molecule has 0 radical (unpaired) electrons. The Morgan fingerprint density at radius 3 is 0.714 bits per heavy atom. The third kappa shape index (κ3) is 694. The fourth-order valence-corrected chi connectivity index (χ4v) is 0. The summed E-state index contributed by atoms with van der Waals surface area (Å²) < 4.78 is 0. The minimum atomic E-state index is 0. The van der Waals surface area contributed by atoms with E-state index in [0.717, 1.165) is 6.42 Å². The second-order valence-corrected chi connectivity index (χ2v) is 1.67. The first-order chi connectivity index (χ1) is 6.16. The molecule has 90 valence electrons. The average molecular weight is 246 g/mol. The number of aliphatic hydroxyl groups is 4. The standard InChI is InChI=1S/C3H8O.3C2H6O.Ti/c1-2-3-4;3*1-2-3;/h4H,2-3H2,1H3;3*3H,2H2,1H3;. The van der Waals surface area contributed by atoms with Gasteiger partial charge < -0.3 is 20.4 Å². The van der Waals surface area contributed by atoms with Crippen molar-refractivity contribution in [1.29, 1.82) is 0 Å². The van der Waals surface area contributed by atoms with E-state index in [2.05, 4.69) is 0 Å². The van der Waals surface area contributed by atoms with Gasteiger partial charge in [-0.1, -0.05) is 6.92 Å². The van der Waals surface area contributed by atoms with E-state index in [1.54, 1.807) is 20.8 Å². The van der Waals surface area contributed by atoms with Crippen LogP contribution in [-0.2, 0) is 21.7 Å². The molecule has 14 heavy (non-hydrogen) atoms. The van der Waals surface area contributed by atoms with Gasteiger partial charge >= 0.3 is 0 Å². The Morgan fingerprint density at radius 1 is 0.643 bits per heavy atom. The van der Waals surface area contributed by atoms with Crippen LogP contribution < -0.4 is 0 Å². The smallest absolute Gasteiger partial charge is 0.0428 e. The summed E-state index contributed by atoms with van der Waals surface area (Å²) in [4.78, 5) is 0. The summed E-state index contributed by atoms with van der Waals surface area (Å²) in [6, 6.07) is 0. The van der Waals surface area contributed by atoms with E-state index in [4.69, 9.17) is 20.4 Å². The van der Waals surface area contributed by atoms with E-state index in [1.807, 2.05) is 6.92 Å².